The molecule has 0 aliphatic rings. The van der Waals surface area contributed by atoms with Gasteiger partial charge in [0.2, 0.25) is 0 Å². The van der Waals surface area contributed by atoms with Crippen molar-refractivity contribution in [2.24, 2.45) is 0 Å². The highest BCUT2D eigenvalue weighted by molar-refractivity contribution is 7.16. The van der Waals surface area contributed by atoms with Crippen molar-refractivity contribution < 1.29 is 4.39 Å². The molecule has 1 N–H and O–H groups in total. The summed E-state index contributed by atoms with van der Waals surface area (Å²) in [4.78, 5) is 0.963. The lowest BCUT2D eigenvalue weighted by molar-refractivity contribution is 0.551. The third-order valence-electron chi connectivity index (χ3n) is 2.77. The number of hydrogen-bond acceptors (Lipinski definition) is 2. The first-order valence-electron chi connectivity index (χ1n) is 6.06. The number of benzene rings is 1. The lowest BCUT2D eigenvalue weighted by atomic mass is 10.0. The molecule has 0 amide bonds. The molecule has 1 nitrogen and oxygen atoms in total. The molecule has 0 spiro atoms. The van der Waals surface area contributed by atoms with E-state index in [1.54, 1.807) is 12.1 Å². The molecule has 0 aliphatic carbocycles. The van der Waals surface area contributed by atoms with Crippen molar-refractivity contribution >= 4 is 34.5 Å². The topological polar surface area (TPSA) is 12.0 Å². The van der Waals surface area contributed by atoms with Gasteiger partial charge < -0.3 is 5.32 Å². The predicted octanol–water partition coefficient (Wildman–Crippen LogP) is 5.28. The molecule has 0 saturated heterocycles. The molecule has 0 saturated carbocycles. The third-order valence-corrected chi connectivity index (χ3v) is 4.39. The number of thiophene rings is 1. The van der Waals surface area contributed by atoms with E-state index >= 15 is 0 Å². The van der Waals surface area contributed by atoms with Gasteiger partial charge in [0.1, 0.15) is 5.82 Å². The molecule has 2 aromatic rings. The molecule has 19 heavy (non-hydrogen) atoms. The van der Waals surface area contributed by atoms with E-state index in [-0.39, 0.29) is 11.9 Å². The lowest BCUT2D eigenvalue weighted by Gasteiger charge is -2.19. The van der Waals surface area contributed by atoms with E-state index in [0.717, 1.165) is 17.8 Å². The van der Waals surface area contributed by atoms with Crippen molar-refractivity contribution in [1.29, 1.82) is 0 Å². The van der Waals surface area contributed by atoms with Crippen LogP contribution in [0.1, 0.15) is 29.8 Å². The minimum absolute atomic E-state index is 0.258. The lowest BCUT2D eigenvalue weighted by Crippen LogP contribution is -2.23. The van der Waals surface area contributed by atoms with Gasteiger partial charge in [-0.15, -0.1) is 11.3 Å². The van der Waals surface area contributed by atoms with Crippen LogP contribution in [0.5, 0.6) is 0 Å². The highest BCUT2D eigenvalue weighted by Gasteiger charge is 2.21. The van der Waals surface area contributed by atoms with Crippen molar-refractivity contribution in [1.82, 2.24) is 5.32 Å². The Balaban J connectivity index is 2.42. The zero-order valence-corrected chi connectivity index (χ0v) is 12.7. The van der Waals surface area contributed by atoms with E-state index in [0.29, 0.717) is 14.9 Å². The SMILES string of the molecule is CCCNC(c1ccc(Cl)s1)c1c(F)cccc1Cl. The van der Waals surface area contributed by atoms with Crippen molar-refractivity contribution in [3.05, 3.63) is 55.9 Å². The van der Waals surface area contributed by atoms with E-state index in [4.69, 9.17) is 23.2 Å². The molecule has 0 fully saturated rings. The minimum atomic E-state index is -0.300. The van der Waals surface area contributed by atoms with Crippen molar-refractivity contribution in [3.8, 4) is 0 Å². The largest absolute Gasteiger partial charge is 0.305 e. The molecule has 0 radical (unpaired) electrons. The van der Waals surface area contributed by atoms with Crippen molar-refractivity contribution in [2.75, 3.05) is 6.54 Å². The molecular weight excluding hydrogens is 304 g/mol. The van der Waals surface area contributed by atoms with E-state index in [1.165, 1.54) is 17.4 Å². The Morgan fingerprint density at radius 3 is 2.63 bits per heavy atom. The molecule has 102 valence electrons. The molecule has 5 heteroatoms. The van der Waals surface area contributed by atoms with E-state index in [9.17, 15) is 4.39 Å². The summed E-state index contributed by atoms with van der Waals surface area (Å²) in [5.41, 5.74) is 0.483. The van der Waals surface area contributed by atoms with Gasteiger partial charge in [0.25, 0.3) is 0 Å². The van der Waals surface area contributed by atoms with Gasteiger partial charge in [0, 0.05) is 15.5 Å². The Morgan fingerprint density at radius 2 is 2.05 bits per heavy atom. The van der Waals surface area contributed by atoms with Crippen LogP contribution in [-0.4, -0.2) is 6.54 Å². The van der Waals surface area contributed by atoms with Crippen LogP contribution in [0.2, 0.25) is 9.36 Å². The second-order valence-corrected chi connectivity index (χ2v) is 6.32. The normalized spacial score (nSPS) is 12.6. The summed E-state index contributed by atoms with van der Waals surface area (Å²) < 4.78 is 14.8. The van der Waals surface area contributed by atoms with Gasteiger partial charge in [0.15, 0.2) is 0 Å². The van der Waals surface area contributed by atoms with Gasteiger partial charge >= 0.3 is 0 Å². The second-order valence-electron chi connectivity index (χ2n) is 4.16. The number of rotatable bonds is 5. The van der Waals surface area contributed by atoms with Gasteiger partial charge in [-0.2, -0.15) is 0 Å². The fourth-order valence-electron chi connectivity index (χ4n) is 1.90. The second kappa shape index (κ2) is 6.71. The number of hydrogen-bond donors (Lipinski definition) is 1. The first-order chi connectivity index (χ1) is 9.13. The van der Waals surface area contributed by atoms with Crippen molar-refractivity contribution in [3.63, 3.8) is 0 Å². The van der Waals surface area contributed by atoms with Crippen LogP contribution in [0.4, 0.5) is 4.39 Å². The summed E-state index contributed by atoms with van der Waals surface area (Å²) in [6.45, 7) is 2.85. The Morgan fingerprint density at radius 1 is 1.26 bits per heavy atom. The summed E-state index contributed by atoms with van der Waals surface area (Å²) in [6.07, 6.45) is 0.960. The van der Waals surface area contributed by atoms with Gasteiger partial charge in [-0.1, -0.05) is 36.2 Å². The zero-order valence-electron chi connectivity index (χ0n) is 10.4. The monoisotopic (exact) mass is 317 g/mol. The minimum Gasteiger partial charge on any atom is -0.305 e. The maximum absolute atomic E-state index is 14.1. The highest BCUT2D eigenvalue weighted by Crippen LogP contribution is 2.35. The fourth-order valence-corrected chi connectivity index (χ4v) is 3.32. The quantitative estimate of drug-likeness (QED) is 0.790. The molecule has 2 rings (SSSR count). The van der Waals surface area contributed by atoms with Crippen LogP contribution >= 0.6 is 34.5 Å². The van der Waals surface area contributed by atoms with E-state index < -0.39 is 0 Å². The van der Waals surface area contributed by atoms with Gasteiger partial charge in [-0.3, -0.25) is 0 Å². The average molecular weight is 318 g/mol. The molecule has 1 unspecified atom stereocenters. The Hall–Kier alpha value is -0.610. The van der Waals surface area contributed by atoms with Crippen LogP contribution < -0.4 is 5.32 Å². The molecule has 1 aromatic carbocycles. The molecule has 1 heterocycles. The Bertz CT molecular complexity index is 536. The zero-order chi connectivity index (χ0) is 13.8. The van der Waals surface area contributed by atoms with Gasteiger partial charge in [0.05, 0.1) is 10.4 Å². The van der Waals surface area contributed by atoms with Crippen LogP contribution in [-0.2, 0) is 0 Å². The molecule has 0 bridgehead atoms. The fraction of sp³-hybridized carbons (Fsp3) is 0.286. The van der Waals surface area contributed by atoms with Crippen LogP contribution in [0.25, 0.3) is 0 Å². The maximum Gasteiger partial charge on any atom is 0.129 e. The van der Waals surface area contributed by atoms with Crippen LogP contribution in [0, 0.1) is 5.82 Å². The summed E-state index contributed by atoms with van der Waals surface area (Å²) in [6, 6.07) is 8.21. The maximum atomic E-state index is 14.1. The summed E-state index contributed by atoms with van der Waals surface area (Å²) in [5, 5.41) is 3.75. The van der Waals surface area contributed by atoms with Gasteiger partial charge in [-0.05, 0) is 37.2 Å². The van der Waals surface area contributed by atoms with Crippen LogP contribution in [0.3, 0.4) is 0 Å². The van der Waals surface area contributed by atoms with Crippen molar-refractivity contribution in [2.45, 2.75) is 19.4 Å². The molecular formula is C14H14Cl2FNS. The van der Waals surface area contributed by atoms with E-state index in [2.05, 4.69) is 12.2 Å². The third kappa shape index (κ3) is 3.48. The summed E-state index contributed by atoms with van der Waals surface area (Å²) >= 11 is 13.6. The Kier molecular flexibility index (Phi) is 5.22. The molecule has 0 aliphatic heterocycles. The highest BCUT2D eigenvalue weighted by atomic mass is 35.5. The van der Waals surface area contributed by atoms with Gasteiger partial charge in [-0.25, -0.2) is 4.39 Å². The number of nitrogens with one attached hydrogen (secondary N) is 1. The molecule has 1 aromatic heterocycles. The first-order valence-corrected chi connectivity index (χ1v) is 7.63. The average Bonchev–Trinajstić information content (AvgIpc) is 2.79. The van der Waals surface area contributed by atoms with E-state index in [1.807, 2.05) is 12.1 Å². The Labute approximate surface area is 126 Å². The number of halogens is 3. The smallest absolute Gasteiger partial charge is 0.129 e. The first kappa shape index (κ1) is 14.8. The summed E-state index contributed by atoms with van der Waals surface area (Å²) in [7, 11) is 0. The molecule has 1 atom stereocenters. The standard InChI is InChI=1S/C14H14Cl2FNS/c1-2-8-18-14(11-6-7-12(16)19-11)13-9(15)4-3-5-10(13)17/h3-7,14,18H,2,8H2,1H3. The van der Waals surface area contributed by atoms with Crippen LogP contribution in [0.15, 0.2) is 30.3 Å². The predicted molar refractivity (Wildman–Crippen MR) is 80.9 cm³/mol. The summed E-state index contributed by atoms with van der Waals surface area (Å²) in [5.74, 6) is -0.300.